The number of rotatable bonds is 6. The number of halogens is 2. The third-order valence-corrected chi connectivity index (χ3v) is 3.31. The van der Waals surface area contributed by atoms with Gasteiger partial charge in [-0.1, -0.05) is 37.8 Å². The minimum absolute atomic E-state index is 0.0868. The number of unbranched alkanes of at least 4 members (excludes halogenated alkanes) is 2. The molecule has 1 atom stereocenters. The highest BCUT2D eigenvalue weighted by molar-refractivity contribution is 7.80. The van der Waals surface area contributed by atoms with Crippen LogP contribution in [0.25, 0.3) is 0 Å². The Balaban J connectivity index is 2.39. The molecule has 19 heavy (non-hydrogen) atoms. The molecule has 0 aromatic heterocycles. The van der Waals surface area contributed by atoms with Crippen LogP contribution in [0, 0.1) is 5.82 Å². The Bertz CT molecular complexity index is 426. The minimum atomic E-state index is -0.431. The second-order valence-corrected chi connectivity index (χ2v) is 5.44. The quantitative estimate of drug-likeness (QED) is 0.586. The van der Waals surface area contributed by atoms with E-state index < -0.39 is 5.82 Å². The summed E-state index contributed by atoms with van der Waals surface area (Å²) in [7, 11) is 0. The number of anilines is 1. The van der Waals surface area contributed by atoms with Gasteiger partial charge in [0.05, 0.1) is 5.02 Å². The Morgan fingerprint density at radius 1 is 1.42 bits per heavy atom. The van der Waals surface area contributed by atoms with Crippen LogP contribution in [0.4, 0.5) is 10.1 Å². The van der Waals surface area contributed by atoms with Gasteiger partial charge in [0.1, 0.15) is 5.82 Å². The van der Waals surface area contributed by atoms with Crippen LogP contribution in [0.15, 0.2) is 18.2 Å². The van der Waals surface area contributed by atoms with Gasteiger partial charge in [0, 0.05) is 11.7 Å². The lowest BCUT2D eigenvalue weighted by Crippen LogP contribution is -2.35. The second-order valence-electron chi connectivity index (χ2n) is 4.62. The Hall–Kier alpha value is -0.870. The predicted octanol–water partition coefficient (Wildman–Crippen LogP) is 4.73. The van der Waals surface area contributed by atoms with Gasteiger partial charge in [0.25, 0.3) is 0 Å². The molecule has 0 radical (unpaired) electrons. The largest absolute Gasteiger partial charge is 0.360 e. The van der Waals surface area contributed by atoms with Gasteiger partial charge in [-0.3, -0.25) is 0 Å². The third kappa shape index (κ3) is 6.21. The van der Waals surface area contributed by atoms with Crippen LogP contribution in [0.3, 0.4) is 0 Å². The molecule has 2 N–H and O–H groups in total. The van der Waals surface area contributed by atoms with Gasteiger partial charge >= 0.3 is 0 Å². The Labute approximate surface area is 124 Å². The molecule has 0 saturated heterocycles. The monoisotopic (exact) mass is 302 g/mol. The van der Waals surface area contributed by atoms with E-state index in [1.54, 1.807) is 6.07 Å². The summed E-state index contributed by atoms with van der Waals surface area (Å²) < 4.78 is 13.0. The summed E-state index contributed by atoms with van der Waals surface area (Å²) in [6.45, 7) is 4.28. The van der Waals surface area contributed by atoms with Crippen molar-refractivity contribution in [3.8, 4) is 0 Å². The predicted molar refractivity (Wildman–Crippen MR) is 84.4 cm³/mol. The molecule has 1 unspecified atom stereocenters. The van der Waals surface area contributed by atoms with Crippen LogP contribution in [0.5, 0.6) is 0 Å². The van der Waals surface area contributed by atoms with Crippen molar-refractivity contribution >= 4 is 34.6 Å². The number of hydrogen-bond donors (Lipinski definition) is 2. The van der Waals surface area contributed by atoms with Gasteiger partial charge in [-0.15, -0.1) is 0 Å². The molecule has 1 aromatic carbocycles. The molecule has 0 aliphatic carbocycles. The van der Waals surface area contributed by atoms with Gasteiger partial charge in [0.2, 0.25) is 0 Å². The Morgan fingerprint density at radius 2 is 2.16 bits per heavy atom. The van der Waals surface area contributed by atoms with Gasteiger partial charge in [0.15, 0.2) is 5.11 Å². The van der Waals surface area contributed by atoms with E-state index >= 15 is 0 Å². The summed E-state index contributed by atoms with van der Waals surface area (Å²) in [5.74, 6) is -0.431. The van der Waals surface area contributed by atoms with Crippen molar-refractivity contribution < 1.29 is 4.39 Å². The van der Waals surface area contributed by atoms with Crippen molar-refractivity contribution in [2.24, 2.45) is 0 Å². The lowest BCUT2D eigenvalue weighted by atomic mass is 10.1. The van der Waals surface area contributed by atoms with E-state index in [4.69, 9.17) is 23.8 Å². The normalized spacial score (nSPS) is 12.0. The van der Waals surface area contributed by atoms with E-state index in [9.17, 15) is 4.39 Å². The van der Waals surface area contributed by atoms with Crippen molar-refractivity contribution in [3.05, 3.63) is 29.0 Å². The zero-order valence-electron chi connectivity index (χ0n) is 11.3. The first-order chi connectivity index (χ1) is 9.02. The van der Waals surface area contributed by atoms with Crippen LogP contribution >= 0.6 is 23.8 Å². The van der Waals surface area contributed by atoms with Crippen molar-refractivity contribution in [1.29, 1.82) is 0 Å². The first-order valence-electron chi connectivity index (χ1n) is 6.55. The first kappa shape index (κ1) is 16.2. The summed E-state index contributed by atoms with van der Waals surface area (Å²) >= 11 is 10.9. The maximum Gasteiger partial charge on any atom is 0.170 e. The molecule has 2 nitrogen and oxygen atoms in total. The van der Waals surface area contributed by atoms with Crippen LogP contribution in [0.1, 0.15) is 39.5 Å². The molecule has 5 heteroatoms. The lowest BCUT2D eigenvalue weighted by Gasteiger charge is -2.17. The van der Waals surface area contributed by atoms with Gasteiger partial charge in [-0.25, -0.2) is 4.39 Å². The molecule has 0 heterocycles. The average Bonchev–Trinajstić information content (AvgIpc) is 2.34. The number of hydrogen-bond acceptors (Lipinski definition) is 1. The summed E-state index contributed by atoms with van der Waals surface area (Å²) in [5, 5.41) is 6.83. The van der Waals surface area contributed by atoms with Crippen LogP contribution in [0.2, 0.25) is 5.02 Å². The second kappa shape index (κ2) is 8.33. The molecular weight excluding hydrogens is 283 g/mol. The SMILES string of the molecule is CCCCCC(C)NC(=S)Nc1ccc(F)c(Cl)c1. The number of benzene rings is 1. The molecular formula is C14H20ClFN2S. The highest BCUT2D eigenvalue weighted by atomic mass is 35.5. The fourth-order valence-corrected chi connectivity index (χ4v) is 2.24. The van der Waals surface area contributed by atoms with E-state index in [1.165, 1.54) is 31.4 Å². The standard InChI is InChI=1S/C14H20ClFN2S/c1-3-4-5-6-10(2)17-14(19)18-11-7-8-13(16)12(15)9-11/h7-10H,3-6H2,1-2H3,(H2,17,18,19). The highest BCUT2D eigenvalue weighted by Gasteiger charge is 2.05. The Kier molecular flexibility index (Phi) is 7.10. The maximum absolute atomic E-state index is 13.0. The van der Waals surface area contributed by atoms with Crippen LogP contribution in [-0.2, 0) is 0 Å². The maximum atomic E-state index is 13.0. The van der Waals surface area contributed by atoms with Crippen LogP contribution < -0.4 is 10.6 Å². The Morgan fingerprint density at radius 3 is 2.79 bits per heavy atom. The average molecular weight is 303 g/mol. The van der Waals surface area contributed by atoms with Crippen molar-refractivity contribution in [2.45, 2.75) is 45.6 Å². The fourth-order valence-electron chi connectivity index (χ4n) is 1.74. The van der Waals surface area contributed by atoms with E-state index in [-0.39, 0.29) is 5.02 Å². The number of thiocarbonyl (C=S) groups is 1. The van der Waals surface area contributed by atoms with Crippen LogP contribution in [-0.4, -0.2) is 11.2 Å². The topological polar surface area (TPSA) is 24.1 Å². The molecule has 0 amide bonds. The third-order valence-electron chi connectivity index (χ3n) is 2.80. The molecule has 0 aliphatic rings. The van der Waals surface area contributed by atoms with E-state index in [0.29, 0.717) is 16.8 Å². The van der Waals surface area contributed by atoms with Crippen molar-refractivity contribution in [1.82, 2.24) is 5.32 Å². The molecule has 0 saturated carbocycles. The lowest BCUT2D eigenvalue weighted by molar-refractivity contribution is 0.556. The fraction of sp³-hybridized carbons (Fsp3) is 0.500. The molecule has 0 bridgehead atoms. The molecule has 0 fully saturated rings. The van der Waals surface area contributed by atoms with Gasteiger partial charge < -0.3 is 10.6 Å². The van der Waals surface area contributed by atoms with E-state index in [0.717, 1.165) is 6.42 Å². The number of nitrogens with one attached hydrogen (secondary N) is 2. The van der Waals surface area contributed by atoms with Crippen molar-refractivity contribution in [2.75, 3.05) is 5.32 Å². The zero-order chi connectivity index (χ0) is 14.3. The minimum Gasteiger partial charge on any atom is -0.360 e. The van der Waals surface area contributed by atoms with E-state index in [2.05, 4.69) is 24.5 Å². The van der Waals surface area contributed by atoms with Gasteiger partial charge in [-0.05, 0) is 43.8 Å². The summed E-state index contributed by atoms with van der Waals surface area (Å²) in [6.07, 6.45) is 4.72. The summed E-state index contributed by atoms with van der Waals surface area (Å²) in [6, 6.07) is 4.77. The molecule has 0 spiro atoms. The smallest absolute Gasteiger partial charge is 0.170 e. The van der Waals surface area contributed by atoms with E-state index in [1.807, 2.05) is 0 Å². The summed E-state index contributed by atoms with van der Waals surface area (Å²) in [5.41, 5.74) is 0.685. The highest BCUT2D eigenvalue weighted by Crippen LogP contribution is 2.19. The summed E-state index contributed by atoms with van der Waals surface area (Å²) in [4.78, 5) is 0. The molecule has 0 aliphatic heterocycles. The van der Waals surface area contributed by atoms with Crippen molar-refractivity contribution in [3.63, 3.8) is 0 Å². The zero-order valence-corrected chi connectivity index (χ0v) is 12.9. The molecule has 1 aromatic rings. The first-order valence-corrected chi connectivity index (χ1v) is 7.34. The molecule has 106 valence electrons. The molecule has 1 rings (SSSR count). The van der Waals surface area contributed by atoms with Gasteiger partial charge in [-0.2, -0.15) is 0 Å².